The van der Waals surface area contributed by atoms with Crippen LogP contribution in [0.5, 0.6) is 0 Å². The Labute approximate surface area is 159 Å². The van der Waals surface area contributed by atoms with Crippen LogP contribution in [-0.4, -0.2) is 34.9 Å². The average molecular weight is 397 g/mol. The molecule has 1 aliphatic carbocycles. The molecule has 1 fully saturated rings. The lowest BCUT2D eigenvalue weighted by molar-refractivity contribution is -0.137. The summed E-state index contributed by atoms with van der Waals surface area (Å²) < 4.78 is 45.3. The molecule has 1 aromatic carbocycles. The van der Waals surface area contributed by atoms with Gasteiger partial charge in [0.15, 0.2) is 0 Å². The van der Waals surface area contributed by atoms with Gasteiger partial charge in [-0.05, 0) is 37.0 Å². The first-order valence-electron chi connectivity index (χ1n) is 9.04. The van der Waals surface area contributed by atoms with Crippen LogP contribution in [0.1, 0.15) is 43.9 Å². The molecule has 1 heterocycles. The molecule has 1 N–H and O–H groups in total. The van der Waals surface area contributed by atoms with E-state index in [0.29, 0.717) is 18.5 Å². The van der Waals surface area contributed by atoms with E-state index in [1.54, 1.807) is 21.0 Å². The molecule has 28 heavy (non-hydrogen) atoms. The van der Waals surface area contributed by atoms with Crippen molar-refractivity contribution in [1.82, 2.24) is 15.1 Å². The van der Waals surface area contributed by atoms with Crippen molar-refractivity contribution >= 4 is 16.7 Å². The first-order chi connectivity index (χ1) is 13.1. The number of nitrogens with one attached hydrogen (secondary N) is 1. The number of carbonyl (C=O) groups is 1. The highest BCUT2D eigenvalue weighted by Crippen LogP contribution is 2.32. The van der Waals surface area contributed by atoms with Gasteiger partial charge in [-0.15, -0.1) is 0 Å². The van der Waals surface area contributed by atoms with Gasteiger partial charge in [0.2, 0.25) is 5.91 Å². The molecule has 0 atom stereocenters. The van der Waals surface area contributed by atoms with Gasteiger partial charge in [-0.2, -0.15) is 18.3 Å². The minimum absolute atomic E-state index is 0.00692. The summed E-state index contributed by atoms with van der Waals surface area (Å²) in [5.41, 5.74) is -1.08. The predicted octanol–water partition coefficient (Wildman–Crippen LogP) is 2.83. The monoisotopic (exact) mass is 397 g/mol. The summed E-state index contributed by atoms with van der Waals surface area (Å²) >= 11 is 0. The van der Waals surface area contributed by atoms with Crippen molar-refractivity contribution in [3.63, 3.8) is 0 Å². The van der Waals surface area contributed by atoms with Crippen LogP contribution in [0.25, 0.3) is 10.8 Å². The largest absolute Gasteiger partial charge is 0.416 e. The van der Waals surface area contributed by atoms with E-state index in [1.807, 2.05) is 0 Å². The molecule has 0 radical (unpaired) electrons. The normalized spacial score (nSPS) is 19.7. The van der Waals surface area contributed by atoms with Crippen molar-refractivity contribution in [3.05, 3.63) is 39.8 Å². The number of amides is 1. The lowest BCUT2D eigenvalue weighted by Gasteiger charge is -2.34. The standard InChI is InChI=1S/C19H22F3N3O3/c1-10(2)17-15-6-11(19(20,21)22)4-5-14(15)18(27)25(24-17)9-16(26)23-12-7-13(8-12)28-3/h4-6,10,12-13H,7-9H2,1-3H3,(H,23,26)/t12-,13+. The minimum atomic E-state index is -4.51. The number of benzene rings is 1. The van der Waals surface area contributed by atoms with Crippen LogP contribution >= 0.6 is 0 Å². The third kappa shape index (κ3) is 4.04. The highest BCUT2D eigenvalue weighted by Gasteiger charge is 2.32. The van der Waals surface area contributed by atoms with E-state index in [4.69, 9.17) is 4.74 Å². The molecular weight excluding hydrogens is 375 g/mol. The zero-order valence-corrected chi connectivity index (χ0v) is 15.8. The molecule has 9 heteroatoms. The number of hydrogen-bond donors (Lipinski definition) is 1. The molecule has 6 nitrogen and oxygen atoms in total. The Morgan fingerprint density at radius 3 is 2.57 bits per heavy atom. The molecule has 2 aromatic rings. The highest BCUT2D eigenvalue weighted by molar-refractivity contribution is 5.85. The summed E-state index contributed by atoms with van der Waals surface area (Å²) in [5.74, 6) is -0.592. The van der Waals surface area contributed by atoms with Crippen molar-refractivity contribution in [2.24, 2.45) is 0 Å². The van der Waals surface area contributed by atoms with Gasteiger partial charge in [0, 0.05) is 18.5 Å². The average Bonchev–Trinajstić information content (AvgIpc) is 2.58. The molecule has 0 aliphatic heterocycles. The van der Waals surface area contributed by atoms with E-state index in [1.165, 1.54) is 0 Å². The van der Waals surface area contributed by atoms with Crippen LogP contribution in [0.2, 0.25) is 0 Å². The Hall–Kier alpha value is -2.42. The molecule has 0 spiro atoms. The van der Waals surface area contributed by atoms with Gasteiger partial charge in [0.25, 0.3) is 5.56 Å². The van der Waals surface area contributed by atoms with Crippen molar-refractivity contribution in [3.8, 4) is 0 Å². The first-order valence-corrected chi connectivity index (χ1v) is 9.04. The van der Waals surface area contributed by atoms with E-state index < -0.39 is 17.3 Å². The molecule has 0 bridgehead atoms. The summed E-state index contributed by atoms with van der Waals surface area (Å²) in [7, 11) is 1.61. The summed E-state index contributed by atoms with van der Waals surface area (Å²) in [4.78, 5) is 25.0. The van der Waals surface area contributed by atoms with Crippen LogP contribution in [0, 0.1) is 0 Å². The Morgan fingerprint density at radius 1 is 1.32 bits per heavy atom. The number of ether oxygens (including phenoxy) is 1. The lowest BCUT2D eigenvalue weighted by atomic mass is 9.89. The number of alkyl halides is 3. The topological polar surface area (TPSA) is 73.2 Å². The van der Waals surface area contributed by atoms with Gasteiger partial charge in [0.05, 0.1) is 22.7 Å². The van der Waals surface area contributed by atoms with Crippen LogP contribution in [-0.2, 0) is 22.3 Å². The maximum atomic E-state index is 13.0. The Balaban J connectivity index is 1.92. The quantitative estimate of drug-likeness (QED) is 0.842. The van der Waals surface area contributed by atoms with Crippen LogP contribution < -0.4 is 10.9 Å². The fraction of sp³-hybridized carbons (Fsp3) is 0.526. The second-order valence-corrected chi connectivity index (χ2v) is 7.35. The summed E-state index contributed by atoms with van der Waals surface area (Å²) in [6, 6.07) is 2.96. The van der Waals surface area contributed by atoms with Crippen LogP contribution in [0.4, 0.5) is 13.2 Å². The number of hydrogen-bond acceptors (Lipinski definition) is 4. The van der Waals surface area contributed by atoms with E-state index in [-0.39, 0.29) is 41.3 Å². The van der Waals surface area contributed by atoms with E-state index in [9.17, 15) is 22.8 Å². The number of fused-ring (bicyclic) bond motifs is 1. The second-order valence-electron chi connectivity index (χ2n) is 7.35. The smallest absolute Gasteiger partial charge is 0.381 e. The lowest BCUT2D eigenvalue weighted by Crippen LogP contribution is -2.49. The third-order valence-electron chi connectivity index (χ3n) is 4.95. The predicted molar refractivity (Wildman–Crippen MR) is 97.1 cm³/mol. The van der Waals surface area contributed by atoms with Gasteiger partial charge in [-0.25, -0.2) is 4.68 Å². The van der Waals surface area contributed by atoms with Gasteiger partial charge >= 0.3 is 6.18 Å². The van der Waals surface area contributed by atoms with Gasteiger partial charge in [-0.1, -0.05) is 13.8 Å². The zero-order chi connectivity index (χ0) is 20.6. The number of aromatic nitrogens is 2. The third-order valence-corrected chi connectivity index (χ3v) is 4.95. The molecular formula is C19H22F3N3O3. The van der Waals surface area contributed by atoms with Crippen molar-refractivity contribution in [2.75, 3.05) is 7.11 Å². The van der Waals surface area contributed by atoms with Gasteiger partial charge < -0.3 is 10.1 Å². The second kappa shape index (κ2) is 7.54. The minimum Gasteiger partial charge on any atom is -0.381 e. The molecule has 152 valence electrons. The van der Waals surface area contributed by atoms with Crippen molar-refractivity contribution in [1.29, 1.82) is 0 Å². The van der Waals surface area contributed by atoms with E-state index in [0.717, 1.165) is 22.9 Å². The maximum absolute atomic E-state index is 13.0. The van der Waals surface area contributed by atoms with Crippen LogP contribution in [0.15, 0.2) is 23.0 Å². The fourth-order valence-corrected chi connectivity index (χ4v) is 3.31. The van der Waals surface area contributed by atoms with Crippen molar-refractivity contribution in [2.45, 2.75) is 57.5 Å². The summed E-state index contributed by atoms with van der Waals surface area (Å²) in [6.07, 6.45) is -2.97. The Kier molecular flexibility index (Phi) is 5.47. The molecule has 3 rings (SSSR count). The maximum Gasteiger partial charge on any atom is 0.416 e. The number of halogens is 3. The van der Waals surface area contributed by atoms with Crippen LogP contribution in [0.3, 0.4) is 0 Å². The molecule has 1 aromatic heterocycles. The van der Waals surface area contributed by atoms with E-state index >= 15 is 0 Å². The Morgan fingerprint density at radius 2 is 2.00 bits per heavy atom. The highest BCUT2D eigenvalue weighted by atomic mass is 19.4. The number of rotatable bonds is 5. The number of nitrogens with zero attached hydrogens (tertiary/aromatic N) is 2. The molecule has 1 aliphatic rings. The van der Waals surface area contributed by atoms with Gasteiger partial charge in [-0.3, -0.25) is 9.59 Å². The molecule has 1 amide bonds. The molecule has 0 unspecified atom stereocenters. The summed E-state index contributed by atoms with van der Waals surface area (Å²) in [6.45, 7) is 3.26. The number of methoxy groups -OCH3 is 1. The fourth-order valence-electron chi connectivity index (χ4n) is 3.31. The molecule has 0 saturated heterocycles. The zero-order valence-electron chi connectivity index (χ0n) is 15.8. The van der Waals surface area contributed by atoms with Gasteiger partial charge in [0.1, 0.15) is 6.54 Å². The number of carbonyl (C=O) groups excluding carboxylic acids is 1. The van der Waals surface area contributed by atoms with E-state index in [2.05, 4.69) is 10.4 Å². The van der Waals surface area contributed by atoms with Crippen molar-refractivity contribution < 1.29 is 22.7 Å². The Bertz CT molecular complexity index is 947. The first kappa shape index (κ1) is 20.3. The summed E-state index contributed by atoms with van der Waals surface area (Å²) in [5, 5.41) is 7.29. The molecule has 1 saturated carbocycles. The SMILES string of the molecule is CO[C@H]1C[C@@H](NC(=O)Cn2nc(C(C)C)c3cc(C(F)(F)F)ccc3c2=O)C1.